The van der Waals surface area contributed by atoms with Gasteiger partial charge in [-0.05, 0) is 19.3 Å². The Morgan fingerprint density at radius 2 is 2.20 bits per heavy atom. The Kier molecular flexibility index (Phi) is 3.47. The molecule has 20 heavy (non-hydrogen) atoms. The van der Waals surface area contributed by atoms with E-state index in [0.717, 1.165) is 31.0 Å². The molecule has 0 saturated carbocycles. The number of nitrogens with zero attached hydrogens (tertiary/aromatic N) is 4. The Hall–Kier alpha value is -1.47. The maximum absolute atomic E-state index is 12.5. The molecule has 1 aromatic heterocycles. The van der Waals surface area contributed by atoms with Gasteiger partial charge >= 0.3 is 0 Å². The topological polar surface area (TPSA) is 86.3 Å². The number of fused-ring (bicyclic) bond motifs is 1. The van der Waals surface area contributed by atoms with Crippen molar-refractivity contribution in [3.05, 3.63) is 11.6 Å². The fourth-order valence-corrected chi connectivity index (χ4v) is 2.94. The molecule has 1 aromatic rings. The van der Waals surface area contributed by atoms with Gasteiger partial charge in [0.05, 0.1) is 12.1 Å². The van der Waals surface area contributed by atoms with Gasteiger partial charge in [0.25, 0.3) is 0 Å². The van der Waals surface area contributed by atoms with Crippen LogP contribution < -0.4 is 5.73 Å². The first-order valence-corrected chi connectivity index (χ1v) is 7.13. The summed E-state index contributed by atoms with van der Waals surface area (Å²) in [6, 6.07) is 0. The van der Waals surface area contributed by atoms with Crippen LogP contribution in [0.3, 0.4) is 0 Å². The van der Waals surface area contributed by atoms with Crippen LogP contribution in [0.4, 0.5) is 0 Å². The second-order valence-corrected chi connectivity index (χ2v) is 5.72. The standard InChI is InChI=1S/C13H21N5O2/c1-17(12(19)13(14)4-7-20-8-5-13)9-11-16-15-10-3-2-6-18(10)11/h2-9,14H2,1H3. The lowest BCUT2D eigenvalue weighted by Crippen LogP contribution is -2.57. The van der Waals surface area contributed by atoms with E-state index in [2.05, 4.69) is 14.8 Å². The van der Waals surface area contributed by atoms with Gasteiger partial charge in [-0.2, -0.15) is 0 Å². The Bertz CT molecular complexity index is 507. The van der Waals surface area contributed by atoms with Crippen molar-refractivity contribution < 1.29 is 9.53 Å². The smallest absolute Gasteiger partial charge is 0.242 e. The minimum Gasteiger partial charge on any atom is -0.381 e. The number of carbonyl (C=O) groups excluding carboxylic acids is 1. The van der Waals surface area contributed by atoms with Gasteiger partial charge in [-0.25, -0.2) is 0 Å². The quantitative estimate of drug-likeness (QED) is 0.820. The highest BCUT2D eigenvalue weighted by atomic mass is 16.5. The molecule has 2 aliphatic heterocycles. The highest BCUT2D eigenvalue weighted by Crippen LogP contribution is 2.21. The molecule has 110 valence electrons. The molecule has 0 aliphatic carbocycles. The van der Waals surface area contributed by atoms with E-state index in [9.17, 15) is 4.79 Å². The lowest BCUT2D eigenvalue weighted by molar-refractivity contribution is -0.139. The molecule has 0 spiro atoms. The van der Waals surface area contributed by atoms with E-state index < -0.39 is 5.54 Å². The summed E-state index contributed by atoms with van der Waals surface area (Å²) < 4.78 is 7.39. The molecule has 2 N–H and O–H groups in total. The van der Waals surface area contributed by atoms with Crippen LogP contribution in [0.5, 0.6) is 0 Å². The number of rotatable bonds is 3. The summed E-state index contributed by atoms with van der Waals surface area (Å²) in [6.45, 7) is 2.51. The SMILES string of the molecule is CN(Cc1nnc2n1CCC2)C(=O)C1(N)CCOCC1. The number of hydrogen-bond donors (Lipinski definition) is 1. The van der Waals surface area contributed by atoms with Crippen LogP contribution in [0, 0.1) is 0 Å². The monoisotopic (exact) mass is 279 g/mol. The molecule has 1 saturated heterocycles. The third-order valence-corrected chi connectivity index (χ3v) is 4.22. The number of amides is 1. The van der Waals surface area contributed by atoms with Crippen LogP contribution >= 0.6 is 0 Å². The molecule has 0 bridgehead atoms. The average molecular weight is 279 g/mol. The van der Waals surface area contributed by atoms with Crippen LogP contribution in [-0.4, -0.2) is 51.4 Å². The molecule has 1 fully saturated rings. The highest BCUT2D eigenvalue weighted by Gasteiger charge is 2.38. The molecule has 0 aromatic carbocycles. The molecule has 0 unspecified atom stereocenters. The third kappa shape index (κ3) is 2.31. The molecule has 1 amide bonds. The predicted molar refractivity (Wildman–Crippen MR) is 71.8 cm³/mol. The third-order valence-electron chi connectivity index (χ3n) is 4.22. The summed E-state index contributed by atoms with van der Waals surface area (Å²) >= 11 is 0. The van der Waals surface area contributed by atoms with Crippen molar-refractivity contribution in [2.24, 2.45) is 5.73 Å². The predicted octanol–water partition coefficient (Wildman–Crippen LogP) is -0.309. The molecule has 3 rings (SSSR count). The average Bonchev–Trinajstić information content (AvgIpc) is 3.03. The number of carbonyl (C=O) groups is 1. The number of nitrogens with two attached hydrogens (primary N) is 1. The molecule has 0 radical (unpaired) electrons. The first-order chi connectivity index (χ1) is 9.60. The van der Waals surface area contributed by atoms with E-state index in [-0.39, 0.29) is 5.91 Å². The van der Waals surface area contributed by atoms with Crippen molar-refractivity contribution in [3.8, 4) is 0 Å². The first kappa shape index (κ1) is 13.5. The van der Waals surface area contributed by atoms with Crippen LogP contribution in [-0.2, 0) is 29.0 Å². The highest BCUT2D eigenvalue weighted by molar-refractivity contribution is 5.86. The molecule has 7 nitrogen and oxygen atoms in total. The van der Waals surface area contributed by atoms with Crippen LogP contribution in [0.25, 0.3) is 0 Å². The van der Waals surface area contributed by atoms with Crippen molar-refractivity contribution >= 4 is 5.91 Å². The van der Waals surface area contributed by atoms with Gasteiger partial charge in [0.2, 0.25) is 5.91 Å². The summed E-state index contributed by atoms with van der Waals surface area (Å²) in [7, 11) is 1.78. The van der Waals surface area contributed by atoms with E-state index in [1.807, 2.05) is 0 Å². The fraction of sp³-hybridized carbons (Fsp3) is 0.769. The number of likely N-dealkylation sites (N-methyl/N-ethyl adjacent to an activating group) is 1. The van der Waals surface area contributed by atoms with Gasteiger partial charge in [0.1, 0.15) is 5.82 Å². The lowest BCUT2D eigenvalue weighted by Gasteiger charge is -2.35. The maximum Gasteiger partial charge on any atom is 0.242 e. The van der Waals surface area contributed by atoms with E-state index in [1.165, 1.54) is 0 Å². The van der Waals surface area contributed by atoms with Gasteiger partial charge in [0, 0.05) is 33.2 Å². The molecule has 0 atom stereocenters. The van der Waals surface area contributed by atoms with Gasteiger partial charge in [-0.3, -0.25) is 4.79 Å². The van der Waals surface area contributed by atoms with Gasteiger partial charge in [0.15, 0.2) is 5.82 Å². The maximum atomic E-state index is 12.5. The minimum atomic E-state index is -0.791. The summed E-state index contributed by atoms with van der Waals surface area (Å²) in [5, 5.41) is 8.34. The fourth-order valence-electron chi connectivity index (χ4n) is 2.94. The van der Waals surface area contributed by atoms with Crippen LogP contribution in [0.2, 0.25) is 0 Å². The van der Waals surface area contributed by atoms with Gasteiger partial charge < -0.3 is 19.9 Å². The van der Waals surface area contributed by atoms with Crippen LogP contribution in [0.1, 0.15) is 30.9 Å². The zero-order valence-corrected chi connectivity index (χ0v) is 11.8. The summed E-state index contributed by atoms with van der Waals surface area (Å²) in [4.78, 5) is 14.2. The second-order valence-electron chi connectivity index (χ2n) is 5.72. The number of hydrogen-bond acceptors (Lipinski definition) is 5. The van der Waals surface area contributed by atoms with Crippen molar-refractivity contribution in [2.45, 2.75) is 44.3 Å². The Labute approximate surface area is 118 Å². The van der Waals surface area contributed by atoms with E-state index in [0.29, 0.717) is 32.6 Å². The molecular weight excluding hydrogens is 258 g/mol. The number of ether oxygens (including phenoxy) is 1. The van der Waals surface area contributed by atoms with E-state index in [4.69, 9.17) is 10.5 Å². The van der Waals surface area contributed by atoms with Crippen LogP contribution in [0.15, 0.2) is 0 Å². The Morgan fingerprint density at radius 3 is 2.95 bits per heavy atom. The first-order valence-electron chi connectivity index (χ1n) is 7.13. The zero-order chi connectivity index (χ0) is 14.2. The van der Waals surface area contributed by atoms with E-state index in [1.54, 1.807) is 11.9 Å². The minimum absolute atomic E-state index is 0.0313. The van der Waals surface area contributed by atoms with Gasteiger partial charge in [-0.1, -0.05) is 0 Å². The van der Waals surface area contributed by atoms with Crippen molar-refractivity contribution in [3.63, 3.8) is 0 Å². The largest absolute Gasteiger partial charge is 0.381 e. The zero-order valence-electron chi connectivity index (χ0n) is 11.8. The second kappa shape index (κ2) is 5.14. The van der Waals surface area contributed by atoms with E-state index >= 15 is 0 Å². The molecular formula is C13H21N5O2. The van der Waals surface area contributed by atoms with Crippen molar-refractivity contribution in [1.29, 1.82) is 0 Å². The lowest BCUT2D eigenvalue weighted by atomic mass is 9.90. The Balaban J connectivity index is 1.69. The summed E-state index contributed by atoms with van der Waals surface area (Å²) in [6.07, 6.45) is 3.23. The number of aryl methyl sites for hydroxylation is 1. The number of aromatic nitrogens is 3. The van der Waals surface area contributed by atoms with Gasteiger partial charge in [-0.15, -0.1) is 10.2 Å². The summed E-state index contributed by atoms with van der Waals surface area (Å²) in [5.41, 5.74) is 5.44. The molecule has 3 heterocycles. The summed E-state index contributed by atoms with van der Waals surface area (Å²) in [5.74, 6) is 1.84. The van der Waals surface area contributed by atoms with Crippen molar-refractivity contribution in [2.75, 3.05) is 20.3 Å². The molecule has 2 aliphatic rings. The molecule has 7 heteroatoms. The normalized spacial score (nSPS) is 20.7. The van der Waals surface area contributed by atoms with Crippen molar-refractivity contribution in [1.82, 2.24) is 19.7 Å². The Morgan fingerprint density at radius 1 is 1.45 bits per heavy atom.